The molecule has 2 atom stereocenters. The first-order valence-electron chi connectivity index (χ1n) is 8.32. The van der Waals surface area contributed by atoms with E-state index < -0.39 is 12.1 Å². The summed E-state index contributed by atoms with van der Waals surface area (Å²) in [5.41, 5.74) is 0.457. The molecule has 1 aromatic carbocycles. The number of likely N-dealkylation sites (N-methyl/N-ethyl adjacent to an activating group) is 1. The van der Waals surface area contributed by atoms with Gasteiger partial charge in [0.2, 0.25) is 5.91 Å². The topological polar surface area (TPSA) is 90.5 Å². The molecule has 0 spiro atoms. The van der Waals surface area contributed by atoms with Crippen molar-refractivity contribution in [1.82, 2.24) is 16.0 Å². The molecule has 0 saturated carbocycles. The molecule has 1 aliphatic rings. The van der Waals surface area contributed by atoms with Crippen LogP contribution in [0.3, 0.4) is 0 Å². The predicted octanol–water partition coefficient (Wildman–Crippen LogP) is 1.66. The van der Waals surface area contributed by atoms with Gasteiger partial charge in [0.15, 0.2) is 0 Å². The minimum absolute atomic E-state index is 0.142. The second-order valence-corrected chi connectivity index (χ2v) is 6.39. The minimum atomic E-state index is -0.694. The van der Waals surface area contributed by atoms with Gasteiger partial charge in [0.25, 0.3) is 5.91 Å². The predicted molar refractivity (Wildman–Crippen MR) is 96.6 cm³/mol. The van der Waals surface area contributed by atoms with Gasteiger partial charge in [-0.05, 0) is 44.2 Å². The maximum Gasteiger partial charge on any atom is 0.329 e. The third kappa shape index (κ3) is 5.17. The lowest BCUT2D eigenvalue weighted by molar-refractivity contribution is -0.121. The Bertz CT molecular complexity index is 635. The number of hydrogen-bond donors (Lipinski definition) is 3. The zero-order chi connectivity index (χ0) is 18.4. The molecule has 8 heteroatoms. The van der Waals surface area contributed by atoms with Crippen LogP contribution >= 0.6 is 11.6 Å². The van der Waals surface area contributed by atoms with Gasteiger partial charge in [-0.25, -0.2) is 9.69 Å². The average Bonchev–Trinajstić information content (AvgIpc) is 2.86. The van der Waals surface area contributed by atoms with Crippen molar-refractivity contribution in [2.75, 3.05) is 18.0 Å². The number of carbonyl (C=O) groups excluding carboxylic acids is 3. The van der Waals surface area contributed by atoms with Crippen LogP contribution in [0.15, 0.2) is 24.3 Å². The van der Waals surface area contributed by atoms with Gasteiger partial charge in [-0.3, -0.25) is 9.59 Å². The largest absolute Gasteiger partial charge is 0.355 e. The Labute approximate surface area is 152 Å². The molecule has 25 heavy (non-hydrogen) atoms. The number of halogens is 1. The average molecular weight is 367 g/mol. The Balaban J connectivity index is 1.85. The third-order valence-electron chi connectivity index (χ3n) is 3.92. The molecule has 0 aliphatic carbocycles. The first-order valence-corrected chi connectivity index (χ1v) is 8.70. The van der Waals surface area contributed by atoms with Gasteiger partial charge in [0.1, 0.15) is 6.04 Å². The van der Waals surface area contributed by atoms with E-state index in [1.54, 1.807) is 24.3 Å². The number of carbonyl (C=O) groups is 3. The molecule has 1 saturated heterocycles. The highest BCUT2D eigenvalue weighted by Crippen LogP contribution is 2.23. The lowest BCUT2D eigenvalue weighted by Crippen LogP contribution is -2.39. The van der Waals surface area contributed by atoms with Crippen LogP contribution in [0.4, 0.5) is 10.5 Å². The fraction of sp³-hybridized carbons (Fsp3) is 0.471. The van der Waals surface area contributed by atoms with Crippen molar-refractivity contribution in [3.05, 3.63) is 29.3 Å². The van der Waals surface area contributed by atoms with Crippen LogP contribution in [0.25, 0.3) is 0 Å². The molecular formula is C17H23ClN4O3. The standard InChI is InChI=1S/C17H23ClN4O3/c1-3-19-11(2)10-20-15(23)9-8-14-16(24)22(17(25)21-14)13-6-4-12(18)5-7-13/h4-7,11,14,19H,3,8-10H2,1-2H3,(H,20,23)(H,21,25)/t11-,14?/m1/s1. The van der Waals surface area contributed by atoms with Crippen LogP contribution in [0.2, 0.25) is 5.02 Å². The number of rotatable bonds is 8. The Morgan fingerprint density at radius 1 is 1.32 bits per heavy atom. The Morgan fingerprint density at radius 3 is 2.64 bits per heavy atom. The normalized spacial score (nSPS) is 18.2. The number of nitrogens with one attached hydrogen (secondary N) is 3. The van der Waals surface area contributed by atoms with E-state index in [-0.39, 0.29) is 30.7 Å². The number of amides is 4. The number of benzene rings is 1. The Morgan fingerprint density at radius 2 is 2.00 bits per heavy atom. The zero-order valence-corrected chi connectivity index (χ0v) is 15.1. The second kappa shape index (κ2) is 8.82. The molecule has 0 bridgehead atoms. The monoisotopic (exact) mass is 366 g/mol. The van der Waals surface area contributed by atoms with Crippen molar-refractivity contribution in [2.24, 2.45) is 0 Å². The smallest absolute Gasteiger partial charge is 0.329 e. The van der Waals surface area contributed by atoms with E-state index in [4.69, 9.17) is 11.6 Å². The lowest BCUT2D eigenvalue weighted by atomic mass is 10.1. The fourth-order valence-electron chi connectivity index (χ4n) is 2.61. The summed E-state index contributed by atoms with van der Waals surface area (Å²) in [5, 5.41) is 9.15. The van der Waals surface area contributed by atoms with E-state index >= 15 is 0 Å². The number of nitrogens with zero attached hydrogens (tertiary/aromatic N) is 1. The summed E-state index contributed by atoms with van der Waals surface area (Å²) in [6.07, 6.45) is 0.431. The Kier molecular flexibility index (Phi) is 6.78. The summed E-state index contributed by atoms with van der Waals surface area (Å²) in [7, 11) is 0. The molecule has 136 valence electrons. The molecule has 1 aliphatic heterocycles. The zero-order valence-electron chi connectivity index (χ0n) is 14.3. The van der Waals surface area contributed by atoms with Gasteiger partial charge in [-0.15, -0.1) is 0 Å². The molecule has 3 N–H and O–H groups in total. The molecule has 2 rings (SSSR count). The molecule has 4 amide bonds. The quantitative estimate of drug-likeness (QED) is 0.610. The van der Waals surface area contributed by atoms with Crippen molar-refractivity contribution >= 4 is 35.1 Å². The summed E-state index contributed by atoms with van der Waals surface area (Å²) in [5.74, 6) is -0.502. The highest BCUT2D eigenvalue weighted by Gasteiger charge is 2.38. The van der Waals surface area contributed by atoms with Gasteiger partial charge in [-0.1, -0.05) is 18.5 Å². The van der Waals surface area contributed by atoms with Crippen molar-refractivity contribution < 1.29 is 14.4 Å². The first kappa shape index (κ1) is 19.2. The van der Waals surface area contributed by atoms with Gasteiger partial charge < -0.3 is 16.0 Å². The molecule has 0 radical (unpaired) electrons. The van der Waals surface area contributed by atoms with E-state index in [0.717, 1.165) is 11.4 Å². The molecule has 1 unspecified atom stereocenters. The molecular weight excluding hydrogens is 344 g/mol. The lowest BCUT2D eigenvalue weighted by Gasteiger charge is -2.14. The maximum absolute atomic E-state index is 12.4. The molecule has 1 aromatic rings. The highest BCUT2D eigenvalue weighted by molar-refractivity contribution is 6.30. The van der Waals surface area contributed by atoms with Crippen molar-refractivity contribution in [3.8, 4) is 0 Å². The Hall–Kier alpha value is -2.12. The van der Waals surface area contributed by atoms with E-state index in [1.165, 1.54) is 0 Å². The van der Waals surface area contributed by atoms with E-state index in [9.17, 15) is 14.4 Å². The highest BCUT2D eigenvalue weighted by atomic mass is 35.5. The number of urea groups is 1. The summed E-state index contributed by atoms with van der Waals surface area (Å²) < 4.78 is 0. The molecule has 1 heterocycles. The maximum atomic E-state index is 12.4. The minimum Gasteiger partial charge on any atom is -0.355 e. The van der Waals surface area contributed by atoms with E-state index in [0.29, 0.717) is 17.3 Å². The molecule has 7 nitrogen and oxygen atoms in total. The number of hydrogen-bond acceptors (Lipinski definition) is 4. The van der Waals surface area contributed by atoms with E-state index in [2.05, 4.69) is 16.0 Å². The molecule has 0 aromatic heterocycles. The van der Waals surface area contributed by atoms with Gasteiger partial charge in [-0.2, -0.15) is 0 Å². The van der Waals surface area contributed by atoms with Crippen LogP contribution < -0.4 is 20.9 Å². The third-order valence-corrected chi connectivity index (χ3v) is 4.17. The summed E-state index contributed by atoms with van der Waals surface area (Å²) in [6, 6.07) is 5.45. The van der Waals surface area contributed by atoms with Crippen molar-refractivity contribution in [2.45, 2.75) is 38.8 Å². The van der Waals surface area contributed by atoms with Gasteiger partial charge >= 0.3 is 6.03 Å². The van der Waals surface area contributed by atoms with Crippen LogP contribution in [0, 0.1) is 0 Å². The summed E-state index contributed by atoms with van der Waals surface area (Å²) >= 11 is 5.82. The van der Waals surface area contributed by atoms with Gasteiger partial charge in [0.05, 0.1) is 5.69 Å². The summed E-state index contributed by atoms with van der Waals surface area (Å²) in [4.78, 5) is 37.5. The van der Waals surface area contributed by atoms with Crippen LogP contribution in [0.1, 0.15) is 26.7 Å². The first-order chi connectivity index (χ1) is 11.9. The summed E-state index contributed by atoms with van der Waals surface area (Å²) in [6.45, 7) is 5.34. The fourth-order valence-corrected chi connectivity index (χ4v) is 2.74. The van der Waals surface area contributed by atoms with Gasteiger partial charge in [0, 0.05) is 24.0 Å². The second-order valence-electron chi connectivity index (χ2n) is 5.95. The number of anilines is 1. The van der Waals surface area contributed by atoms with Crippen LogP contribution in [-0.4, -0.2) is 43.0 Å². The van der Waals surface area contributed by atoms with Crippen LogP contribution in [0.5, 0.6) is 0 Å². The van der Waals surface area contributed by atoms with Crippen LogP contribution in [-0.2, 0) is 9.59 Å². The van der Waals surface area contributed by atoms with Crippen molar-refractivity contribution in [3.63, 3.8) is 0 Å². The molecule has 1 fully saturated rings. The van der Waals surface area contributed by atoms with E-state index in [1.807, 2.05) is 13.8 Å². The SMILES string of the molecule is CCN[C@H](C)CNC(=O)CCC1NC(=O)N(c2ccc(Cl)cc2)C1=O. The number of imide groups is 1. The van der Waals surface area contributed by atoms with Crippen molar-refractivity contribution in [1.29, 1.82) is 0 Å².